The molecule has 0 atom stereocenters. The van der Waals surface area contributed by atoms with Crippen molar-refractivity contribution in [2.75, 3.05) is 13.2 Å². The van der Waals surface area contributed by atoms with E-state index in [0.717, 1.165) is 24.4 Å². The molecule has 0 bridgehead atoms. The average Bonchev–Trinajstić information content (AvgIpc) is 2.39. The fourth-order valence-corrected chi connectivity index (χ4v) is 2.10. The third-order valence-electron chi connectivity index (χ3n) is 3.21. The first-order valence-electron chi connectivity index (χ1n) is 7.21. The van der Waals surface area contributed by atoms with Crippen LogP contribution in [0.15, 0.2) is 24.3 Å². The van der Waals surface area contributed by atoms with E-state index in [2.05, 4.69) is 24.8 Å². The smallest absolute Gasteiger partial charge is 0.303 e. The van der Waals surface area contributed by atoms with Gasteiger partial charge in [0.25, 0.3) is 0 Å². The van der Waals surface area contributed by atoms with E-state index in [1.165, 1.54) is 0 Å². The molecule has 0 fully saturated rings. The van der Waals surface area contributed by atoms with E-state index in [1.807, 2.05) is 25.1 Å². The Labute approximate surface area is 121 Å². The van der Waals surface area contributed by atoms with Gasteiger partial charge in [0.2, 0.25) is 0 Å². The number of ether oxygens (including phenoxy) is 1. The zero-order valence-electron chi connectivity index (χ0n) is 12.6. The normalized spacial score (nSPS) is 11.1. The first-order chi connectivity index (χ1) is 9.54. The molecule has 1 aromatic rings. The van der Waals surface area contributed by atoms with Crippen molar-refractivity contribution in [2.24, 2.45) is 0 Å². The Morgan fingerprint density at radius 3 is 2.65 bits per heavy atom. The summed E-state index contributed by atoms with van der Waals surface area (Å²) in [6, 6.07) is 8.40. The van der Waals surface area contributed by atoms with Crippen molar-refractivity contribution >= 4 is 5.97 Å². The van der Waals surface area contributed by atoms with Gasteiger partial charge in [0, 0.05) is 24.6 Å². The molecule has 4 heteroatoms. The summed E-state index contributed by atoms with van der Waals surface area (Å²) in [5, 5.41) is 8.73. The number of carboxylic acid groups (broad SMARTS) is 1. The number of hydrogen-bond donors (Lipinski definition) is 1. The molecule has 0 saturated heterocycles. The van der Waals surface area contributed by atoms with Gasteiger partial charge in [-0.25, -0.2) is 0 Å². The highest BCUT2D eigenvalue weighted by Gasteiger charge is 2.13. The fraction of sp³-hybridized carbons (Fsp3) is 0.562. The quantitative estimate of drug-likeness (QED) is 0.754. The van der Waals surface area contributed by atoms with Crippen LogP contribution in [-0.2, 0) is 11.3 Å². The van der Waals surface area contributed by atoms with Crippen molar-refractivity contribution in [3.63, 3.8) is 0 Å². The minimum absolute atomic E-state index is 0.219. The maximum absolute atomic E-state index is 10.6. The Kier molecular flexibility index (Phi) is 7.09. The number of carboxylic acids is 1. The van der Waals surface area contributed by atoms with Gasteiger partial charge in [-0.2, -0.15) is 0 Å². The molecule has 1 N–H and O–H groups in total. The molecule has 1 rings (SSSR count). The van der Waals surface area contributed by atoms with Crippen LogP contribution in [0.4, 0.5) is 0 Å². The van der Waals surface area contributed by atoms with E-state index in [-0.39, 0.29) is 6.42 Å². The molecule has 0 unspecified atom stereocenters. The zero-order valence-corrected chi connectivity index (χ0v) is 12.6. The van der Waals surface area contributed by atoms with Crippen LogP contribution in [0.2, 0.25) is 0 Å². The maximum Gasteiger partial charge on any atom is 0.303 e. The van der Waals surface area contributed by atoms with Crippen molar-refractivity contribution in [2.45, 2.75) is 46.2 Å². The monoisotopic (exact) mass is 279 g/mol. The number of carbonyl (C=O) groups is 1. The van der Waals surface area contributed by atoms with Gasteiger partial charge in [0.1, 0.15) is 5.75 Å². The molecule has 20 heavy (non-hydrogen) atoms. The summed E-state index contributed by atoms with van der Waals surface area (Å²) < 4.78 is 5.64. The van der Waals surface area contributed by atoms with Crippen LogP contribution in [0.5, 0.6) is 5.75 Å². The molecular formula is C16H25NO3. The minimum Gasteiger partial charge on any atom is -0.494 e. The van der Waals surface area contributed by atoms with E-state index < -0.39 is 5.97 Å². The largest absolute Gasteiger partial charge is 0.494 e. The van der Waals surface area contributed by atoms with Crippen molar-refractivity contribution < 1.29 is 14.6 Å². The first kappa shape index (κ1) is 16.5. The van der Waals surface area contributed by atoms with Crippen LogP contribution >= 0.6 is 0 Å². The predicted octanol–water partition coefficient (Wildman–Crippen LogP) is 3.16. The molecule has 0 aliphatic rings. The second-order valence-electron chi connectivity index (χ2n) is 5.10. The van der Waals surface area contributed by atoms with E-state index in [4.69, 9.17) is 9.84 Å². The zero-order chi connectivity index (χ0) is 15.0. The van der Waals surface area contributed by atoms with Gasteiger partial charge in [-0.1, -0.05) is 18.2 Å². The van der Waals surface area contributed by atoms with Gasteiger partial charge >= 0.3 is 5.97 Å². The van der Waals surface area contributed by atoms with Gasteiger partial charge in [-0.3, -0.25) is 9.69 Å². The van der Waals surface area contributed by atoms with Crippen LogP contribution in [-0.4, -0.2) is 35.2 Å². The highest BCUT2D eigenvalue weighted by molar-refractivity contribution is 5.66. The number of hydrogen-bond acceptors (Lipinski definition) is 3. The molecule has 0 radical (unpaired) electrons. The van der Waals surface area contributed by atoms with Gasteiger partial charge in [0.15, 0.2) is 0 Å². The number of aliphatic carboxylic acids is 1. The van der Waals surface area contributed by atoms with E-state index in [9.17, 15) is 4.79 Å². The molecule has 4 nitrogen and oxygen atoms in total. The SMILES string of the molecule is CCOc1ccccc1CN(CCCC(=O)O)C(C)C. The van der Waals surface area contributed by atoms with Gasteiger partial charge in [-0.15, -0.1) is 0 Å². The third-order valence-corrected chi connectivity index (χ3v) is 3.21. The van der Waals surface area contributed by atoms with Crippen LogP contribution in [0.3, 0.4) is 0 Å². The van der Waals surface area contributed by atoms with Crippen LogP contribution in [0.25, 0.3) is 0 Å². The third kappa shape index (κ3) is 5.61. The number of benzene rings is 1. The topological polar surface area (TPSA) is 49.8 Å². The lowest BCUT2D eigenvalue weighted by Gasteiger charge is -2.27. The van der Waals surface area contributed by atoms with Crippen molar-refractivity contribution in [1.82, 2.24) is 4.90 Å². The Morgan fingerprint density at radius 2 is 2.05 bits per heavy atom. The first-order valence-corrected chi connectivity index (χ1v) is 7.21. The summed E-state index contributed by atoms with van der Waals surface area (Å²) in [6.07, 6.45) is 0.890. The molecule has 0 aliphatic heterocycles. The van der Waals surface area contributed by atoms with Crippen LogP contribution in [0, 0.1) is 0 Å². The Balaban J connectivity index is 2.67. The summed E-state index contributed by atoms with van der Waals surface area (Å²) in [5.74, 6) is 0.183. The molecule has 0 aliphatic carbocycles. The molecule has 0 heterocycles. The number of para-hydroxylation sites is 1. The van der Waals surface area contributed by atoms with Crippen molar-refractivity contribution in [3.05, 3.63) is 29.8 Å². The lowest BCUT2D eigenvalue weighted by Crippen LogP contribution is -2.31. The Bertz CT molecular complexity index is 418. The lowest BCUT2D eigenvalue weighted by atomic mass is 10.1. The summed E-state index contributed by atoms with van der Waals surface area (Å²) in [5.41, 5.74) is 1.15. The maximum atomic E-state index is 10.6. The van der Waals surface area contributed by atoms with Gasteiger partial charge < -0.3 is 9.84 Å². The minimum atomic E-state index is -0.733. The summed E-state index contributed by atoms with van der Waals surface area (Å²) in [4.78, 5) is 12.9. The summed E-state index contributed by atoms with van der Waals surface area (Å²) in [7, 11) is 0. The fourth-order valence-electron chi connectivity index (χ4n) is 2.10. The molecule has 1 aromatic carbocycles. The number of nitrogens with zero attached hydrogens (tertiary/aromatic N) is 1. The second-order valence-corrected chi connectivity index (χ2v) is 5.10. The second kappa shape index (κ2) is 8.59. The van der Waals surface area contributed by atoms with Crippen molar-refractivity contribution in [3.8, 4) is 5.75 Å². The highest BCUT2D eigenvalue weighted by Crippen LogP contribution is 2.21. The van der Waals surface area contributed by atoms with E-state index >= 15 is 0 Å². The van der Waals surface area contributed by atoms with Crippen molar-refractivity contribution in [1.29, 1.82) is 0 Å². The van der Waals surface area contributed by atoms with E-state index in [0.29, 0.717) is 19.1 Å². The molecule has 112 valence electrons. The Morgan fingerprint density at radius 1 is 1.35 bits per heavy atom. The van der Waals surface area contributed by atoms with Crippen LogP contribution in [0.1, 0.15) is 39.2 Å². The molecule has 0 amide bonds. The summed E-state index contributed by atoms with van der Waals surface area (Å²) >= 11 is 0. The lowest BCUT2D eigenvalue weighted by molar-refractivity contribution is -0.137. The van der Waals surface area contributed by atoms with E-state index in [1.54, 1.807) is 0 Å². The molecule has 0 aromatic heterocycles. The molecule has 0 saturated carbocycles. The average molecular weight is 279 g/mol. The summed E-state index contributed by atoms with van der Waals surface area (Å²) in [6.45, 7) is 8.45. The standard InChI is InChI=1S/C16H25NO3/c1-4-20-15-9-6-5-8-14(15)12-17(13(2)3)11-7-10-16(18)19/h5-6,8-9,13H,4,7,10-12H2,1-3H3,(H,18,19). The predicted molar refractivity (Wildman–Crippen MR) is 80.0 cm³/mol. The molecular weight excluding hydrogens is 254 g/mol. The number of rotatable bonds is 9. The Hall–Kier alpha value is -1.55. The van der Waals surface area contributed by atoms with Gasteiger partial charge in [-0.05, 0) is 39.8 Å². The van der Waals surface area contributed by atoms with Gasteiger partial charge in [0.05, 0.1) is 6.61 Å². The van der Waals surface area contributed by atoms with Crippen LogP contribution < -0.4 is 4.74 Å². The highest BCUT2D eigenvalue weighted by atomic mass is 16.5. The molecule has 0 spiro atoms.